The molecule has 8 heteroatoms. The van der Waals surface area contributed by atoms with Crippen molar-refractivity contribution in [2.24, 2.45) is 0 Å². The van der Waals surface area contributed by atoms with Crippen molar-refractivity contribution in [3.05, 3.63) is 50.5 Å². The predicted octanol–water partition coefficient (Wildman–Crippen LogP) is 4.77. The van der Waals surface area contributed by atoms with Gasteiger partial charge in [0.25, 0.3) is 0 Å². The van der Waals surface area contributed by atoms with Crippen molar-refractivity contribution < 1.29 is 4.79 Å². The number of hydrogen-bond acceptors (Lipinski definition) is 4. The largest absolute Gasteiger partial charge is 0.326 e. The number of H-pyrrole nitrogens is 1. The summed E-state index contributed by atoms with van der Waals surface area (Å²) < 4.78 is 3.39. The van der Waals surface area contributed by atoms with Gasteiger partial charge in [-0.15, -0.1) is 11.3 Å². The predicted molar refractivity (Wildman–Crippen MR) is 103 cm³/mol. The summed E-state index contributed by atoms with van der Waals surface area (Å²) in [6.07, 6.45) is 0.321. The van der Waals surface area contributed by atoms with Crippen LogP contribution in [0.3, 0.4) is 0 Å². The number of amides is 1. The zero-order valence-electron chi connectivity index (χ0n) is 12.9. The molecule has 0 aliphatic carbocycles. The smallest absolute Gasteiger partial charge is 0.226 e. The highest BCUT2D eigenvalue weighted by atomic mass is 79.9. The van der Waals surface area contributed by atoms with E-state index < -0.39 is 0 Å². The van der Waals surface area contributed by atoms with Crippen LogP contribution < -0.4 is 5.32 Å². The zero-order valence-corrected chi connectivity index (χ0v) is 16.1. The Morgan fingerprint density at radius 1 is 1.46 bits per heavy atom. The fourth-order valence-corrected chi connectivity index (χ4v) is 3.47. The molecule has 0 fully saturated rings. The van der Waals surface area contributed by atoms with Gasteiger partial charge in [-0.05, 0) is 54.4 Å². The van der Waals surface area contributed by atoms with Crippen LogP contribution in [-0.2, 0) is 11.3 Å². The Morgan fingerprint density at radius 2 is 2.29 bits per heavy atom. The van der Waals surface area contributed by atoms with Crippen LogP contribution >= 0.6 is 39.5 Å². The second-order valence-electron chi connectivity index (χ2n) is 5.24. The van der Waals surface area contributed by atoms with Crippen LogP contribution in [0.5, 0.6) is 0 Å². The van der Waals surface area contributed by atoms with Crippen molar-refractivity contribution in [2.75, 3.05) is 5.32 Å². The first-order valence-electron chi connectivity index (χ1n) is 7.29. The van der Waals surface area contributed by atoms with E-state index in [2.05, 4.69) is 31.4 Å². The van der Waals surface area contributed by atoms with Crippen LogP contribution in [0.4, 0.5) is 5.69 Å². The molecule has 0 unspecified atom stereocenters. The van der Waals surface area contributed by atoms with E-state index in [1.165, 1.54) is 0 Å². The van der Waals surface area contributed by atoms with E-state index >= 15 is 0 Å². The number of rotatable bonds is 5. The van der Waals surface area contributed by atoms with Crippen molar-refractivity contribution >= 4 is 51.1 Å². The number of anilines is 1. The molecule has 0 aliphatic rings. The Labute approximate surface area is 156 Å². The highest BCUT2D eigenvalue weighted by Gasteiger charge is 2.11. The minimum atomic E-state index is -0.0584. The average molecular weight is 423 g/mol. The van der Waals surface area contributed by atoms with Crippen LogP contribution in [-0.4, -0.2) is 20.7 Å². The molecule has 0 radical (unpaired) electrons. The third kappa shape index (κ3) is 3.82. The topological polar surface area (TPSA) is 62.7 Å². The van der Waals surface area contributed by atoms with Crippen LogP contribution in [0, 0.1) is 11.7 Å². The number of aryl methyl sites for hydroxylation is 1. The Morgan fingerprint density at radius 3 is 3.00 bits per heavy atom. The van der Waals surface area contributed by atoms with Gasteiger partial charge in [0.05, 0.1) is 4.88 Å². The van der Waals surface area contributed by atoms with Crippen molar-refractivity contribution in [3.63, 3.8) is 0 Å². The highest BCUT2D eigenvalue weighted by molar-refractivity contribution is 9.10. The summed E-state index contributed by atoms with van der Waals surface area (Å²) in [5.74, 6) is 0.708. The van der Waals surface area contributed by atoms with E-state index in [-0.39, 0.29) is 5.91 Å². The molecule has 1 amide bonds. The lowest BCUT2D eigenvalue weighted by Gasteiger charge is -2.08. The van der Waals surface area contributed by atoms with E-state index in [9.17, 15) is 4.79 Å². The average Bonchev–Trinajstić information content (AvgIpc) is 3.18. The molecular weight excluding hydrogens is 408 g/mol. The van der Waals surface area contributed by atoms with Crippen molar-refractivity contribution in [1.82, 2.24) is 14.8 Å². The summed E-state index contributed by atoms with van der Waals surface area (Å²) >= 11 is 10.3. The number of thiophene rings is 1. The monoisotopic (exact) mass is 422 g/mol. The number of benzene rings is 1. The van der Waals surface area contributed by atoms with Crippen LogP contribution in [0.1, 0.15) is 12.0 Å². The van der Waals surface area contributed by atoms with Gasteiger partial charge in [0, 0.05) is 23.1 Å². The van der Waals surface area contributed by atoms with Gasteiger partial charge in [0.15, 0.2) is 10.6 Å². The Balaban J connectivity index is 1.68. The number of carbonyl (C=O) groups excluding carboxylic acids is 1. The van der Waals surface area contributed by atoms with E-state index in [0.29, 0.717) is 17.7 Å². The number of carbonyl (C=O) groups is 1. The quantitative estimate of drug-likeness (QED) is 0.582. The van der Waals surface area contributed by atoms with Gasteiger partial charge in [0.1, 0.15) is 0 Å². The molecule has 2 aromatic heterocycles. The summed E-state index contributed by atoms with van der Waals surface area (Å²) in [6.45, 7) is 2.46. The Bertz CT molecular complexity index is 915. The molecule has 2 N–H and O–H groups in total. The highest BCUT2D eigenvalue weighted by Crippen LogP contribution is 2.23. The molecule has 0 bridgehead atoms. The van der Waals surface area contributed by atoms with Crippen molar-refractivity contribution in [1.29, 1.82) is 0 Å². The minimum absolute atomic E-state index is 0.0584. The third-order valence-corrected chi connectivity index (χ3v) is 5.57. The first-order chi connectivity index (χ1) is 11.5. The molecule has 0 atom stereocenters. The summed E-state index contributed by atoms with van der Waals surface area (Å²) in [7, 11) is 0. The molecule has 24 heavy (non-hydrogen) atoms. The first-order valence-corrected chi connectivity index (χ1v) is 9.38. The summed E-state index contributed by atoms with van der Waals surface area (Å²) in [5, 5.41) is 12.0. The molecule has 3 aromatic rings. The van der Waals surface area contributed by atoms with Crippen molar-refractivity contribution in [3.8, 4) is 10.7 Å². The lowest BCUT2D eigenvalue weighted by Crippen LogP contribution is -2.15. The fraction of sp³-hybridized carbons (Fsp3) is 0.188. The number of aromatic amines is 1. The standard InChI is InChI=1S/C16H15BrN4OS2/c1-10-9-11(4-5-12(10)17)18-14(22)6-7-21-15(19-20-16(21)23)13-3-2-8-24-13/h2-5,8-9H,6-7H2,1H3,(H,18,22)(H,20,23). The molecule has 3 rings (SSSR count). The SMILES string of the molecule is Cc1cc(NC(=O)CCn2c(-c3cccs3)n[nH]c2=S)ccc1Br. The second-order valence-corrected chi connectivity index (χ2v) is 7.43. The summed E-state index contributed by atoms with van der Waals surface area (Å²) in [4.78, 5) is 13.2. The van der Waals surface area contributed by atoms with Crippen LogP contribution in [0.15, 0.2) is 40.2 Å². The normalized spacial score (nSPS) is 10.8. The number of aromatic nitrogens is 3. The molecule has 0 saturated carbocycles. The minimum Gasteiger partial charge on any atom is -0.326 e. The number of hydrogen-bond donors (Lipinski definition) is 2. The van der Waals surface area contributed by atoms with Gasteiger partial charge in [-0.1, -0.05) is 22.0 Å². The van der Waals surface area contributed by atoms with Gasteiger partial charge in [0.2, 0.25) is 5.91 Å². The third-order valence-electron chi connectivity index (χ3n) is 3.50. The Hall–Kier alpha value is -1.77. The molecule has 0 aliphatic heterocycles. The fourth-order valence-electron chi connectivity index (χ4n) is 2.28. The Kier molecular flexibility index (Phi) is 5.27. The zero-order chi connectivity index (χ0) is 17.1. The molecule has 1 aromatic carbocycles. The van der Waals surface area contributed by atoms with Crippen molar-refractivity contribution in [2.45, 2.75) is 19.9 Å². The maximum Gasteiger partial charge on any atom is 0.226 e. The lowest BCUT2D eigenvalue weighted by atomic mass is 10.2. The number of nitrogens with zero attached hydrogens (tertiary/aromatic N) is 2. The van der Waals surface area contributed by atoms with Gasteiger partial charge in [-0.25, -0.2) is 0 Å². The van der Waals surface area contributed by atoms with E-state index in [1.807, 2.05) is 47.2 Å². The van der Waals surface area contributed by atoms with Crippen LogP contribution in [0.2, 0.25) is 0 Å². The van der Waals surface area contributed by atoms with Crippen LogP contribution in [0.25, 0.3) is 10.7 Å². The number of halogens is 1. The van der Waals surface area contributed by atoms with Gasteiger partial charge < -0.3 is 5.32 Å². The van der Waals surface area contributed by atoms with E-state index in [1.54, 1.807) is 11.3 Å². The molecule has 5 nitrogen and oxygen atoms in total. The van der Waals surface area contributed by atoms with E-state index in [4.69, 9.17) is 12.2 Å². The molecule has 0 saturated heterocycles. The van der Waals surface area contributed by atoms with E-state index in [0.717, 1.165) is 26.4 Å². The maximum atomic E-state index is 12.2. The maximum absolute atomic E-state index is 12.2. The molecule has 2 heterocycles. The lowest BCUT2D eigenvalue weighted by molar-refractivity contribution is -0.116. The van der Waals surface area contributed by atoms with Gasteiger partial charge in [-0.3, -0.25) is 14.5 Å². The first kappa shape index (κ1) is 17.1. The molecular formula is C16H15BrN4OS2. The summed E-state index contributed by atoms with van der Waals surface area (Å²) in [5.41, 5.74) is 1.86. The molecule has 0 spiro atoms. The summed E-state index contributed by atoms with van der Waals surface area (Å²) in [6, 6.07) is 9.67. The van der Waals surface area contributed by atoms with Gasteiger partial charge in [-0.2, -0.15) is 5.10 Å². The number of nitrogens with one attached hydrogen (secondary N) is 2. The molecule has 124 valence electrons. The van der Waals surface area contributed by atoms with Gasteiger partial charge >= 0.3 is 0 Å². The second kappa shape index (κ2) is 7.42.